The van der Waals surface area contributed by atoms with E-state index >= 15 is 0 Å². The maximum atomic E-state index is 2.41. The van der Waals surface area contributed by atoms with Crippen LogP contribution in [0.1, 0.15) is 51.9 Å². The van der Waals surface area contributed by atoms with Crippen LogP contribution >= 0.6 is 0 Å². The number of unbranched alkanes of at least 4 members (excludes halogenated alkanes) is 6. The first kappa shape index (κ1) is 17.6. The van der Waals surface area contributed by atoms with Gasteiger partial charge < -0.3 is 4.90 Å². The molecule has 0 radical (unpaired) electrons. The van der Waals surface area contributed by atoms with Gasteiger partial charge in [-0.15, -0.1) is 0 Å². The van der Waals surface area contributed by atoms with Crippen LogP contribution in [-0.4, -0.2) is 13.6 Å². The summed E-state index contributed by atoms with van der Waals surface area (Å²) in [5, 5.41) is 0. The molecule has 0 heterocycles. The smallest absolute Gasteiger partial charge is 0.0443 e. The Morgan fingerprint density at radius 1 is 0.696 bits per heavy atom. The van der Waals surface area contributed by atoms with Crippen molar-refractivity contribution in [1.82, 2.24) is 0 Å². The van der Waals surface area contributed by atoms with E-state index in [0.717, 1.165) is 6.54 Å². The molecule has 0 aliphatic rings. The highest BCUT2D eigenvalue weighted by Gasteiger charge is 2.08. The first-order valence-corrected chi connectivity index (χ1v) is 9.18. The molecule has 0 aliphatic heterocycles. The fraction of sp³-hybridized carbons (Fsp3) is 0.455. The topological polar surface area (TPSA) is 3.24 Å². The van der Waals surface area contributed by atoms with Gasteiger partial charge in [-0.2, -0.15) is 0 Å². The van der Waals surface area contributed by atoms with Crippen LogP contribution in [0.2, 0.25) is 0 Å². The second-order valence-corrected chi connectivity index (χ2v) is 6.43. The Kier molecular flexibility index (Phi) is 7.72. The minimum absolute atomic E-state index is 1.14. The van der Waals surface area contributed by atoms with Crippen LogP contribution in [0.4, 0.5) is 5.69 Å². The highest BCUT2D eigenvalue weighted by Crippen LogP contribution is 2.30. The van der Waals surface area contributed by atoms with Gasteiger partial charge in [-0.1, -0.05) is 94.0 Å². The molecule has 23 heavy (non-hydrogen) atoms. The highest BCUT2D eigenvalue weighted by atomic mass is 15.1. The summed E-state index contributed by atoms with van der Waals surface area (Å²) in [7, 11) is 2.22. The molecule has 0 fully saturated rings. The molecule has 0 N–H and O–H groups in total. The number of benzene rings is 2. The van der Waals surface area contributed by atoms with Gasteiger partial charge in [-0.3, -0.25) is 0 Å². The molecule has 0 spiro atoms. The Balaban J connectivity index is 1.87. The second kappa shape index (κ2) is 10.1. The molecule has 0 amide bonds. The van der Waals surface area contributed by atoms with Crippen LogP contribution in [0.3, 0.4) is 0 Å². The van der Waals surface area contributed by atoms with Crippen molar-refractivity contribution in [2.75, 3.05) is 18.5 Å². The van der Waals surface area contributed by atoms with Crippen molar-refractivity contribution in [2.24, 2.45) is 0 Å². The van der Waals surface area contributed by atoms with E-state index < -0.39 is 0 Å². The van der Waals surface area contributed by atoms with Gasteiger partial charge in [0.05, 0.1) is 0 Å². The Morgan fingerprint density at radius 2 is 1.30 bits per heavy atom. The summed E-state index contributed by atoms with van der Waals surface area (Å²) >= 11 is 0. The van der Waals surface area contributed by atoms with E-state index in [1.165, 1.54) is 61.8 Å². The lowest BCUT2D eigenvalue weighted by atomic mass is 10.0. The molecule has 0 saturated heterocycles. The van der Waals surface area contributed by atoms with E-state index in [2.05, 4.69) is 73.5 Å². The predicted octanol–water partition coefficient (Wildman–Crippen LogP) is 6.54. The fourth-order valence-corrected chi connectivity index (χ4v) is 3.09. The third kappa shape index (κ3) is 5.74. The number of para-hydroxylation sites is 1. The SMILES string of the molecule is CCCCCCCCCN(C)c1ccccc1-c1ccccc1. The molecule has 2 aromatic rings. The minimum Gasteiger partial charge on any atom is -0.374 e. The molecule has 124 valence electrons. The summed E-state index contributed by atoms with van der Waals surface area (Å²) in [6, 6.07) is 19.4. The lowest BCUT2D eigenvalue weighted by molar-refractivity contribution is 0.589. The van der Waals surface area contributed by atoms with Gasteiger partial charge in [0, 0.05) is 24.8 Å². The third-order valence-corrected chi connectivity index (χ3v) is 4.50. The highest BCUT2D eigenvalue weighted by molar-refractivity contribution is 5.78. The molecule has 0 saturated carbocycles. The molecule has 0 unspecified atom stereocenters. The average molecular weight is 309 g/mol. The number of nitrogens with zero attached hydrogens (tertiary/aromatic N) is 1. The zero-order valence-corrected chi connectivity index (χ0v) is 14.8. The lowest BCUT2D eigenvalue weighted by Gasteiger charge is -2.22. The predicted molar refractivity (Wildman–Crippen MR) is 103 cm³/mol. The van der Waals surface area contributed by atoms with Crippen LogP contribution in [0.15, 0.2) is 54.6 Å². The summed E-state index contributed by atoms with van der Waals surface area (Å²) in [6.07, 6.45) is 9.55. The van der Waals surface area contributed by atoms with Crippen LogP contribution in [0.25, 0.3) is 11.1 Å². The molecular weight excluding hydrogens is 278 g/mol. The number of hydrogen-bond acceptors (Lipinski definition) is 1. The van der Waals surface area contributed by atoms with Crippen molar-refractivity contribution in [3.05, 3.63) is 54.6 Å². The van der Waals surface area contributed by atoms with E-state index in [4.69, 9.17) is 0 Å². The Morgan fingerprint density at radius 3 is 2.04 bits per heavy atom. The maximum absolute atomic E-state index is 2.41. The molecule has 0 aliphatic carbocycles. The molecule has 1 heteroatoms. The molecule has 0 bridgehead atoms. The van der Waals surface area contributed by atoms with E-state index in [9.17, 15) is 0 Å². The van der Waals surface area contributed by atoms with Crippen molar-refractivity contribution in [3.63, 3.8) is 0 Å². The van der Waals surface area contributed by atoms with E-state index in [1.807, 2.05) is 0 Å². The van der Waals surface area contributed by atoms with Crippen LogP contribution in [-0.2, 0) is 0 Å². The fourth-order valence-electron chi connectivity index (χ4n) is 3.09. The number of rotatable bonds is 10. The van der Waals surface area contributed by atoms with E-state index in [0.29, 0.717) is 0 Å². The van der Waals surface area contributed by atoms with Gasteiger partial charge >= 0.3 is 0 Å². The second-order valence-electron chi connectivity index (χ2n) is 6.43. The Bertz CT molecular complexity index is 547. The number of anilines is 1. The lowest BCUT2D eigenvalue weighted by Crippen LogP contribution is -2.19. The standard InChI is InChI=1S/C22H31N/c1-3-4-5-6-7-8-14-19-23(2)22-18-13-12-17-21(22)20-15-10-9-11-16-20/h9-13,15-18H,3-8,14,19H2,1-2H3. The van der Waals surface area contributed by atoms with Gasteiger partial charge in [0.2, 0.25) is 0 Å². The molecular formula is C22H31N. The monoisotopic (exact) mass is 309 g/mol. The summed E-state index contributed by atoms with van der Waals surface area (Å²) in [5.41, 5.74) is 3.97. The first-order chi connectivity index (χ1) is 11.3. The zero-order chi connectivity index (χ0) is 16.3. The van der Waals surface area contributed by atoms with Gasteiger partial charge in [0.25, 0.3) is 0 Å². The molecule has 0 atom stereocenters. The summed E-state index contributed by atoms with van der Waals surface area (Å²) in [4.78, 5) is 2.41. The maximum Gasteiger partial charge on any atom is 0.0443 e. The third-order valence-electron chi connectivity index (χ3n) is 4.50. The Labute approximate surface area is 142 Å². The summed E-state index contributed by atoms with van der Waals surface area (Å²) in [5.74, 6) is 0. The summed E-state index contributed by atoms with van der Waals surface area (Å²) < 4.78 is 0. The van der Waals surface area contributed by atoms with Crippen molar-refractivity contribution >= 4 is 5.69 Å². The van der Waals surface area contributed by atoms with E-state index in [1.54, 1.807) is 0 Å². The van der Waals surface area contributed by atoms with Gasteiger partial charge in [-0.25, -0.2) is 0 Å². The largest absolute Gasteiger partial charge is 0.374 e. The first-order valence-electron chi connectivity index (χ1n) is 9.18. The quantitative estimate of drug-likeness (QED) is 0.450. The summed E-state index contributed by atoms with van der Waals surface area (Å²) in [6.45, 7) is 3.41. The number of hydrogen-bond donors (Lipinski definition) is 0. The Hall–Kier alpha value is -1.76. The van der Waals surface area contributed by atoms with Gasteiger partial charge in [-0.05, 0) is 18.1 Å². The van der Waals surface area contributed by atoms with Gasteiger partial charge in [0.1, 0.15) is 0 Å². The molecule has 1 nitrogen and oxygen atoms in total. The van der Waals surface area contributed by atoms with Crippen molar-refractivity contribution in [2.45, 2.75) is 51.9 Å². The zero-order valence-electron chi connectivity index (χ0n) is 14.8. The van der Waals surface area contributed by atoms with Crippen LogP contribution in [0, 0.1) is 0 Å². The molecule has 2 rings (SSSR count). The van der Waals surface area contributed by atoms with Crippen molar-refractivity contribution < 1.29 is 0 Å². The van der Waals surface area contributed by atoms with Gasteiger partial charge in [0.15, 0.2) is 0 Å². The van der Waals surface area contributed by atoms with Crippen LogP contribution in [0.5, 0.6) is 0 Å². The normalized spacial score (nSPS) is 10.7. The molecule has 0 aromatic heterocycles. The minimum atomic E-state index is 1.14. The van der Waals surface area contributed by atoms with Crippen molar-refractivity contribution in [1.29, 1.82) is 0 Å². The van der Waals surface area contributed by atoms with Crippen molar-refractivity contribution in [3.8, 4) is 11.1 Å². The average Bonchev–Trinajstić information content (AvgIpc) is 2.61. The van der Waals surface area contributed by atoms with Crippen LogP contribution < -0.4 is 4.90 Å². The van der Waals surface area contributed by atoms with E-state index in [-0.39, 0.29) is 0 Å². The molecule has 2 aromatic carbocycles.